The van der Waals surface area contributed by atoms with Gasteiger partial charge < -0.3 is 14.2 Å². The summed E-state index contributed by atoms with van der Waals surface area (Å²) in [6.07, 6.45) is -0.323. The van der Waals surface area contributed by atoms with Crippen molar-refractivity contribution >= 4 is 0 Å². The summed E-state index contributed by atoms with van der Waals surface area (Å²) in [7, 11) is 0. The van der Waals surface area contributed by atoms with Crippen molar-refractivity contribution in [1.82, 2.24) is 0 Å². The second kappa shape index (κ2) is 9.20. The van der Waals surface area contributed by atoms with Crippen LogP contribution >= 0.6 is 0 Å². The van der Waals surface area contributed by atoms with E-state index in [9.17, 15) is 0 Å². The standard InChI is InChI=1S/C23H32O3/c1-7-24-22(25-8-2)19-11-9-10-18(14-19)16-26-21-13-17(3)12-20(15-21)23(4,5)6/h9-15,22H,7-8,16H2,1-6H3. The predicted octanol–water partition coefficient (Wildman–Crippen LogP) is 5.94. The number of hydrogen-bond donors (Lipinski definition) is 0. The molecule has 0 saturated carbocycles. The lowest BCUT2D eigenvalue weighted by Gasteiger charge is -2.21. The summed E-state index contributed by atoms with van der Waals surface area (Å²) in [5.41, 5.74) is 4.73. The van der Waals surface area contributed by atoms with Crippen LogP contribution < -0.4 is 4.74 Å². The highest BCUT2D eigenvalue weighted by atomic mass is 16.7. The summed E-state index contributed by atoms with van der Waals surface area (Å²) in [5.74, 6) is 0.909. The van der Waals surface area contributed by atoms with E-state index in [4.69, 9.17) is 14.2 Å². The zero-order chi connectivity index (χ0) is 19.2. The van der Waals surface area contributed by atoms with Crippen molar-refractivity contribution in [3.8, 4) is 5.75 Å². The maximum absolute atomic E-state index is 6.08. The first-order valence-electron chi connectivity index (χ1n) is 9.40. The Morgan fingerprint density at radius 3 is 2.23 bits per heavy atom. The van der Waals surface area contributed by atoms with Gasteiger partial charge in [0, 0.05) is 18.8 Å². The average molecular weight is 357 g/mol. The smallest absolute Gasteiger partial charge is 0.183 e. The van der Waals surface area contributed by atoms with Crippen molar-refractivity contribution in [1.29, 1.82) is 0 Å². The van der Waals surface area contributed by atoms with E-state index in [2.05, 4.69) is 58.0 Å². The highest BCUT2D eigenvalue weighted by molar-refractivity contribution is 5.37. The highest BCUT2D eigenvalue weighted by Crippen LogP contribution is 2.28. The molecule has 0 fully saturated rings. The molecule has 0 radical (unpaired) electrons. The molecule has 0 amide bonds. The number of rotatable bonds is 8. The van der Waals surface area contributed by atoms with Crippen LogP contribution in [0.5, 0.6) is 5.75 Å². The molecule has 2 aromatic carbocycles. The SMILES string of the molecule is CCOC(OCC)c1cccc(COc2cc(C)cc(C(C)(C)C)c2)c1. The average Bonchev–Trinajstić information content (AvgIpc) is 2.59. The summed E-state index contributed by atoms with van der Waals surface area (Å²) >= 11 is 0. The molecule has 0 heterocycles. The Hall–Kier alpha value is -1.84. The van der Waals surface area contributed by atoms with E-state index in [-0.39, 0.29) is 11.7 Å². The lowest BCUT2D eigenvalue weighted by Crippen LogP contribution is -2.11. The maximum atomic E-state index is 6.08. The summed E-state index contributed by atoms with van der Waals surface area (Å²) in [6, 6.07) is 14.7. The zero-order valence-electron chi connectivity index (χ0n) is 17.0. The molecule has 142 valence electrons. The Bertz CT molecular complexity index is 695. The molecule has 0 aromatic heterocycles. The van der Waals surface area contributed by atoms with Crippen LogP contribution in [0, 0.1) is 6.92 Å². The third-order valence-corrected chi connectivity index (χ3v) is 4.18. The number of hydrogen-bond acceptors (Lipinski definition) is 3. The normalized spacial score (nSPS) is 11.8. The van der Waals surface area contributed by atoms with Crippen LogP contribution in [0.1, 0.15) is 63.2 Å². The van der Waals surface area contributed by atoms with Gasteiger partial charge in [-0.25, -0.2) is 0 Å². The van der Waals surface area contributed by atoms with E-state index in [0.717, 1.165) is 16.9 Å². The van der Waals surface area contributed by atoms with Gasteiger partial charge in [-0.2, -0.15) is 0 Å². The fraction of sp³-hybridized carbons (Fsp3) is 0.478. The molecular formula is C23H32O3. The van der Waals surface area contributed by atoms with Gasteiger partial charge in [0.2, 0.25) is 0 Å². The van der Waals surface area contributed by atoms with Gasteiger partial charge in [-0.1, -0.05) is 45.0 Å². The fourth-order valence-corrected chi connectivity index (χ4v) is 2.80. The summed E-state index contributed by atoms with van der Waals surface area (Å²) in [6.45, 7) is 14.5. The first-order valence-corrected chi connectivity index (χ1v) is 9.40. The van der Waals surface area contributed by atoms with Gasteiger partial charge in [0.05, 0.1) is 0 Å². The van der Waals surface area contributed by atoms with Crippen LogP contribution in [0.3, 0.4) is 0 Å². The fourth-order valence-electron chi connectivity index (χ4n) is 2.80. The van der Waals surface area contributed by atoms with Crippen LogP contribution in [0.2, 0.25) is 0 Å². The van der Waals surface area contributed by atoms with Crippen LogP contribution in [-0.2, 0) is 21.5 Å². The molecule has 3 heteroatoms. The molecule has 2 rings (SSSR count). The Labute approximate surface area is 158 Å². The van der Waals surface area contributed by atoms with Gasteiger partial charge in [-0.3, -0.25) is 0 Å². The van der Waals surface area contributed by atoms with Crippen molar-refractivity contribution in [3.63, 3.8) is 0 Å². The van der Waals surface area contributed by atoms with Crippen LogP contribution in [0.4, 0.5) is 0 Å². The third-order valence-electron chi connectivity index (χ3n) is 4.18. The second-order valence-corrected chi connectivity index (χ2v) is 7.56. The Kier molecular flexibility index (Phi) is 7.24. The summed E-state index contributed by atoms with van der Waals surface area (Å²) in [4.78, 5) is 0. The molecule has 0 aliphatic heterocycles. The van der Waals surface area contributed by atoms with E-state index in [1.54, 1.807) is 0 Å². The van der Waals surface area contributed by atoms with E-state index >= 15 is 0 Å². The number of benzene rings is 2. The molecule has 0 bridgehead atoms. The van der Waals surface area contributed by atoms with Crippen molar-refractivity contribution in [3.05, 3.63) is 64.7 Å². The highest BCUT2D eigenvalue weighted by Gasteiger charge is 2.15. The molecule has 0 aliphatic carbocycles. The van der Waals surface area contributed by atoms with Gasteiger partial charge in [0.15, 0.2) is 6.29 Å². The molecule has 0 spiro atoms. The molecule has 2 aromatic rings. The van der Waals surface area contributed by atoms with Crippen LogP contribution in [0.15, 0.2) is 42.5 Å². The molecule has 3 nitrogen and oxygen atoms in total. The quantitative estimate of drug-likeness (QED) is 0.548. The monoisotopic (exact) mass is 356 g/mol. The van der Waals surface area contributed by atoms with E-state index < -0.39 is 0 Å². The first-order chi connectivity index (χ1) is 12.3. The zero-order valence-corrected chi connectivity index (χ0v) is 17.0. The summed E-state index contributed by atoms with van der Waals surface area (Å²) < 4.78 is 17.5. The van der Waals surface area contributed by atoms with Crippen molar-refractivity contribution in [2.75, 3.05) is 13.2 Å². The van der Waals surface area contributed by atoms with E-state index in [1.807, 2.05) is 26.0 Å². The molecule has 0 aliphatic rings. The Morgan fingerprint density at radius 2 is 1.62 bits per heavy atom. The Morgan fingerprint density at radius 1 is 0.923 bits per heavy atom. The predicted molar refractivity (Wildman–Crippen MR) is 107 cm³/mol. The number of aryl methyl sites for hydroxylation is 1. The minimum Gasteiger partial charge on any atom is -0.489 e. The topological polar surface area (TPSA) is 27.7 Å². The van der Waals surface area contributed by atoms with Crippen molar-refractivity contribution in [2.45, 2.75) is 59.9 Å². The minimum atomic E-state index is -0.323. The molecular weight excluding hydrogens is 324 g/mol. The number of ether oxygens (including phenoxy) is 3. The Balaban J connectivity index is 2.13. The van der Waals surface area contributed by atoms with Crippen molar-refractivity contribution < 1.29 is 14.2 Å². The van der Waals surface area contributed by atoms with E-state index in [1.165, 1.54) is 11.1 Å². The lowest BCUT2D eigenvalue weighted by molar-refractivity contribution is -0.140. The van der Waals surface area contributed by atoms with Gasteiger partial charge in [0.25, 0.3) is 0 Å². The molecule has 0 N–H and O–H groups in total. The van der Waals surface area contributed by atoms with E-state index in [0.29, 0.717) is 19.8 Å². The van der Waals surface area contributed by atoms with Crippen molar-refractivity contribution in [2.24, 2.45) is 0 Å². The maximum Gasteiger partial charge on any atom is 0.183 e. The minimum absolute atomic E-state index is 0.103. The molecule has 0 atom stereocenters. The largest absolute Gasteiger partial charge is 0.489 e. The van der Waals surface area contributed by atoms with Crippen LogP contribution in [0.25, 0.3) is 0 Å². The van der Waals surface area contributed by atoms with Gasteiger partial charge in [0.1, 0.15) is 12.4 Å². The van der Waals surface area contributed by atoms with Gasteiger partial charge in [-0.05, 0) is 61.1 Å². The second-order valence-electron chi connectivity index (χ2n) is 7.56. The lowest BCUT2D eigenvalue weighted by atomic mass is 9.86. The molecule has 26 heavy (non-hydrogen) atoms. The molecule has 0 unspecified atom stereocenters. The van der Waals surface area contributed by atoms with Crippen LogP contribution in [-0.4, -0.2) is 13.2 Å². The van der Waals surface area contributed by atoms with Gasteiger partial charge >= 0.3 is 0 Å². The van der Waals surface area contributed by atoms with Gasteiger partial charge in [-0.15, -0.1) is 0 Å². The molecule has 0 saturated heterocycles. The first kappa shape index (κ1) is 20.5. The summed E-state index contributed by atoms with van der Waals surface area (Å²) in [5, 5.41) is 0. The third kappa shape index (κ3) is 5.86.